The second-order valence-corrected chi connectivity index (χ2v) is 6.75. The minimum atomic E-state index is -0.573. The van der Waals surface area contributed by atoms with Crippen LogP contribution >= 0.6 is 0 Å². The van der Waals surface area contributed by atoms with Gasteiger partial charge >= 0.3 is 5.69 Å². The van der Waals surface area contributed by atoms with Gasteiger partial charge in [0.05, 0.1) is 24.6 Å². The molecule has 0 atom stereocenters. The smallest absolute Gasteiger partial charge is 0.354 e. The van der Waals surface area contributed by atoms with E-state index in [2.05, 4.69) is 31.0 Å². The zero-order valence-electron chi connectivity index (χ0n) is 16.5. The normalized spacial score (nSPS) is 14.1. The molecule has 1 aliphatic heterocycles. The lowest BCUT2D eigenvalue weighted by atomic mass is 10.1. The lowest BCUT2D eigenvalue weighted by Gasteiger charge is -2.26. The molecule has 1 aliphatic rings. The first-order valence-electron chi connectivity index (χ1n) is 9.75. The first kappa shape index (κ1) is 21.4. The molecule has 3 N–H and O–H groups in total. The summed E-state index contributed by atoms with van der Waals surface area (Å²) in [6.45, 7) is 4.64. The van der Waals surface area contributed by atoms with Crippen LogP contribution in [0.2, 0.25) is 0 Å². The molecule has 2 heterocycles. The number of carbonyl (C=O) groups is 1. The highest BCUT2D eigenvalue weighted by Gasteiger charge is 2.23. The Hall–Kier alpha value is -3.31. The highest BCUT2D eigenvalue weighted by Crippen LogP contribution is 2.28. The topological polar surface area (TPSA) is 135 Å². The van der Waals surface area contributed by atoms with Crippen molar-refractivity contribution >= 4 is 23.2 Å². The van der Waals surface area contributed by atoms with Crippen molar-refractivity contribution in [1.29, 1.82) is 0 Å². The molecule has 0 saturated carbocycles. The van der Waals surface area contributed by atoms with Gasteiger partial charge in [0.15, 0.2) is 0 Å². The van der Waals surface area contributed by atoms with Gasteiger partial charge in [0.1, 0.15) is 6.33 Å². The standard InChI is InChI=1S/C19H25N7O4/c27-16(13-15-5-2-1-3-6-15)23-24-19-17(26(28)29)18(21-14-22-19)20-7-4-8-25-9-11-30-12-10-25/h1-3,5-6,14H,4,7-13H2,(H,23,27)(H2,20,21,22,24). The van der Waals surface area contributed by atoms with Crippen molar-refractivity contribution in [2.75, 3.05) is 50.1 Å². The second kappa shape index (κ2) is 11.0. The quantitative estimate of drug-likeness (QED) is 0.297. The maximum atomic E-state index is 12.1. The average Bonchev–Trinajstić information content (AvgIpc) is 2.76. The maximum Gasteiger partial charge on any atom is 0.354 e. The highest BCUT2D eigenvalue weighted by molar-refractivity contribution is 5.80. The third-order valence-corrected chi connectivity index (χ3v) is 4.58. The van der Waals surface area contributed by atoms with Crippen molar-refractivity contribution in [2.24, 2.45) is 0 Å². The Bertz CT molecular complexity index is 844. The number of hydrogen-bond donors (Lipinski definition) is 3. The number of hydrazine groups is 1. The highest BCUT2D eigenvalue weighted by atomic mass is 16.6. The first-order valence-corrected chi connectivity index (χ1v) is 9.75. The van der Waals surface area contributed by atoms with E-state index in [-0.39, 0.29) is 29.7 Å². The number of nitrogens with one attached hydrogen (secondary N) is 3. The predicted octanol–water partition coefficient (Wildman–Crippen LogP) is 1.20. The van der Waals surface area contributed by atoms with Crippen molar-refractivity contribution in [3.05, 3.63) is 52.3 Å². The number of hydrogen-bond acceptors (Lipinski definition) is 9. The zero-order chi connectivity index (χ0) is 21.2. The van der Waals surface area contributed by atoms with Crippen molar-refractivity contribution in [3.63, 3.8) is 0 Å². The zero-order valence-corrected chi connectivity index (χ0v) is 16.5. The number of nitro groups is 1. The minimum Gasteiger partial charge on any atom is -0.379 e. The van der Waals surface area contributed by atoms with Gasteiger partial charge in [-0.15, -0.1) is 0 Å². The molecular weight excluding hydrogens is 390 g/mol. The van der Waals surface area contributed by atoms with E-state index in [0.717, 1.165) is 44.8 Å². The Morgan fingerprint density at radius 1 is 1.17 bits per heavy atom. The molecular formula is C19H25N7O4. The molecule has 0 spiro atoms. The Labute approximate surface area is 174 Å². The van der Waals surface area contributed by atoms with Crippen molar-refractivity contribution in [2.45, 2.75) is 12.8 Å². The van der Waals surface area contributed by atoms with E-state index in [4.69, 9.17) is 4.74 Å². The summed E-state index contributed by atoms with van der Waals surface area (Å²) in [6, 6.07) is 9.18. The molecule has 0 unspecified atom stereocenters. The molecule has 0 radical (unpaired) electrons. The summed E-state index contributed by atoms with van der Waals surface area (Å²) in [5, 5.41) is 14.6. The van der Waals surface area contributed by atoms with E-state index < -0.39 is 4.92 Å². The van der Waals surface area contributed by atoms with Crippen LogP contribution in [0.3, 0.4) is 0 Å². The van der Waals surface area contributed by atoms with Crippen LogP contribution in [0.15, 0.2) is 36.7 Å². The fourth-order valence-corrected chi connectivity index (χ4v) is 3.06. The van der Waals surface area contributed by atoms with Crippen molar-refractivity contribution < 1.29 is 14.5 Å². The van der Waals surface area contributed by atoms with E-state index >= 15 is 0 Å². The monoisotopic (exact) mass is 415 g/mol. The fourth-order valence-electron chi connectivity index (χ4n) is 3.06. The van der Waals surface area contributed by atoms with Crippen molar-refractivity contribution in [1.82, 2.24) is 20.3 Å². The SMILES string of the molecule is O=C(Cc1ccccc1)NNc1ncnc(NCCCN2CCOCC2)c1[N+](=O)[O-]. The van der Waals surface area contributed by atoms with Crippen LogP contribution in [0.25, 0.3) is 0 Å². The number of carbonyl (C=O) groups excluding carboxylic acids is 1. The number of amides is 1. The van der Waals surface area contributed by atoms with Crippen LogP contribution in [0.1, 0.15) is 12.0 Å². The summed E-state index contributed by atoms with van der Waals surface area (Å²) in [6.07, 6.45) is 2.15. The number of benzene rings is 1. The van der Waals surface area contributed by atoms with Gasteiger partial charge in [0, 0.05) is 19.6 Å². The molecule has 1 fully saturated rings. The molecule has 1 aromatic carbocycles. The Morgan fingerprint density at radius 3 is 2.63 bits per heavy atom. The van der Waals surface area contributed by atoms with E-state index in [1.165, 1.54) is 6.33 Å². The lowest BCUT2D eigenvalue weighted by molar-refractivity contribution is -0.383. The molecule has 3 rings (SSSR count). The molecule has 160 valence electrons. The third kappa shape index (κ3) is 6.36. The van der Waals surface area contributed by atoms with Gasteiger partial charge in [-0.05, 0) is 18.5 Å². The molecule has 0 bridgehead atoms. The van der Waals surface area contributed by atoms with Crippen molar-refractivity contribution in [3.8, 4) is 0 Å². The second-order valence-electron chi connectivity index (χ2n) is 6.75. The Balaban J connectivity index is 1.54. The summed E-state index contributed by atoms with van der Waals surface area (Å²) in [5.74, 6) is -0.307. The van der Waals surface area contributed by atoms with Crippen LogP contribution < -0.4 is 16.2 Å². The Kier molecular flexibility index (Phi) is 7.86. The third-order valence-electron chi connectivity index (χ3n) is 4.58. The van der Waals surface area contributed by atoms with E-state index in [1.807, 2.05) is 30.3 Å². The molecule has 1 saturated heterocycles. The molecule has 11 nitrogen and oxygen atoms in total. The average molecular weight is 415 g/mol. The number of anilines is 2. The molecule has 2 aromatic rings. The number of morpholine rings is 1. The largest absolute Gasteiger partial charge is 0.379 e. The maximum absolute atomic E-state index is 12.1. The van der Waals surface area contributed by atoms with Gasteiger partial charge in [-0.25, -0.2) is 9.97 Å². The summed E-state index contributed by atoms with van der Waals surface area (Å²) < 4.78 is 5.32. The van der Waals surface area contributed by atoms with Gasteiger partial charge in [-0.2, -0.15) is 0 Å². The van der Waals surface area contributed by atoms with Crippen LogP contribution in [-0.2, 0) is 16.0 Å². The summed E-state index contributed by atoms with van der Waals surface area (Å²) >= 11 is 0. The molecule has 1 amide bonds. The van der Waals surface area contributed by atoms with Crippen LogP contribution in [0.5, 0.6) is 0 Å². The number of aromatic nitrogens is 2. The number of nitrogens with zero attached hydrogens (tertiary/aromatic N) is 4. The molecule has 11 heteroatoms. The van der Waals surface area contributed by atoms with Gasteiger partial charge in [-0.1, -0.05) is 30.3 Å². The number of ether oxygens (including phenoxy) is 1. The fraction of sp³-hybridized carbons (Fsp3) is 0.421. The Morgan fingerprint density at radius 2 is 1.90 bits per heavy atom. The molecule has 1 aromatic heterocycles. The van der Waals surface area contributed by atoms with Gasteiger partial charge < -0.3 is 10.1 Å². The van der Waals surface area contributed by atoms with Crippen LogP contribution in [0, 0.1) is 10.1 Å². The van der Waals surface area contributed by atoms with E-state index in [0.29, 0.717) is 6.54 Å². The minimum absolute atomic E-state index is 0.0768. The first-order chi connectivity index (χ1) is 14.6. The van der Waals surface area contributed by atoms with Crippen LogP contribution in [0.4, 0.5) is 17.3 Å². The van der Waals surface area contributed by atoms with E-state index in [1.54, 1.807) is 0 Å². The molecule has 0 aliphatic carbocycles. The predicted molar refractivity (Wildman–Crippen MR) is 111 cm³/mol. The molecule has 30 heavy (non-hydrogen) atoms. The van der Waals surface area contributed by atoms with Gasteiger partial charge in [0.25, 0.3) is 0 Å². The number of rotatable bonds is 10. The summed E-state index contributed by atoms with van der Waals surface area (Å²) in [7, 11) is 0. The lowest BCUT2D eigenvalue weighted by Crippen LogP contribution is -2.37. The van der Waals surface area contributed by atoms with E-state index in [9.17, 15) is 14.9 Å². The van der Waals surface area contributed by atoms with Crippen LogP contribution in [-0.4, -0.2) is 65.1 Å². The van der Waals surface area contributed by atoms with Gasteiger partial charge in [-0.3, -0.25) is 30.7 Å². The summed E-state index contributed by atoms with van der Waals surface area (Å²) in [5.41, 5.74) is 5.51. The summed E-state index contributed by atoms with van der Waals surface area (Å²) in [4.78, 5) is 33.3. The van der Waals surface area contributed by atoms with Gasteiger partial charge in [0.2, 0.25) is 17.5 Å².